The molecule has 30 heavy (non-hydrogen) atoms. The standard InChI is InChI=1S/C24H35N5O/c1-19(2)8-10-24(23(30)27-12-9-20-5-3-4-11-26-20)17-21-6-7-22(24)29(21)16-15-28-14-13-25-18-28/h3-5,11,13-14,18-19,21-22H,6-10,12,15-17H2,1-2H3,(H,27,30)/t21-,22+,24+/m1/s1. The lowest BCUT2D eigenvalue weighted by atomic mass is 9.69. The zero-order valence-corrected chi connectivity index (χ0v) is 18.3. The predicted octanol–water partition coefficient (Wildman–Crippen LogP) is 3.30. The zero-order valence-electron chi connectivity index (χ0n) is 18.3. The minimum absolute atomic E-state index is 0.244. The Morgan fingerprint density at radius 2 is 2.17 bits per heavy atom. The maximum atomic E-state index is 13.6. The molecule has 6 nitrogen and oxygen atoms in total. The maximum Gasteiger partial charge on any atom is 0.227 e. The highest BCUT2D eigenvalue weighted by molar-refractivity contribution is 5.84. The highest BCUT2D eigenvalue weighted by atomic mass is 16.2. The minimum Gasteiger partial charge on any atom is -0.355 e. The molecule has 2 aromatic heterocycles. The van der Waals surface area contributed by atoms with E-state index in [1.807, 2.05) is 43.1 Å². The first-order valence-corrected chi connectivity index (χ1v) is 11.5. The fraction of sp³-hybridized carbons (Fsp3) is 0.625. The van der Waals surface area contributed by atoms with Gasteiger partial charge in [-0.25, -0.2) is 4.98 Å². The first-order valence-electron chi connectivity index (χ1n) is 11.5. The summed E-state index contributed by atoms with van der Waals surface area (Å²) in [5, 5.41) is 3.29. The van der Waals surface area contributed by atoms with Gasteiger partial charge in [0.25, 0.3) is 0 Å². The Morgan fingerprint density at radius 3 is 2.90 bits per heavy atom. The van der Waals surface area contributed by atoms with Crippen molar-refractivity contribution in [2.24, 2.45) is 11.3 Å². The quantitative estimate of drug-likeness (QED) is 0.654. The van der Waals surface area contributed by atoms with Crippen LogP contribution in [0.1, 0.15) is 51.6 Å². The molecule has 0 spiro atoms. The van der Waals surface area contributed by atoms with Gasteiger partial charge in [0, 0.05) is 62.4 Å². The third kappa shape index (κ3) is 4.43. The predicted molar refractivity (Wildman–Crippen MR) is 118 cm³/mol. The molecule has 2 aromatic rings. The third-order valence-corrected chi connectivity index (χ3v) is 7.07. The van der Waals surface area contributed by atoms with Crippen molar-refractivity contribution in [3.05, 3.63) is 48.8 Å². The molecule has 0 aliphatic carbocycles. The van der Waals surface area contributed by atoms with Crippen molar-refractivity contribution in [2.75, 3.05) is 13.1 Å². The van der Waals surface area contributed by atoms with Gasteiger partial charge < -0.3 is 9.88 Å². The molecule has 3 atom stereocenters. The highest BCUT2D eigenvalue weighted by Gasteiger charge is 2.58. The molecule has 2 aliphatic heterocycles. The van der Waals surface area contributed by atoms with Crippen molar-refractivity contribution in [3.63, 3.8) is 0 Å². The van der Waals surface area contributed by atoms with E-state index in [2.05, 4.69) is 38.6 Å². The number of hydrogen-bond acceptors (Lipinski definition) is 4. The number of carbonyl (C=O) groups is 1. The van der Waals surface area contributed by atoms with Crippen LogP contribution in [0.3, 0.4) is 0 Å². The number of aromatic nitrogens is 3. The number of nitrogens with one attached hydrogen (secondary N) is 1. The van der Waals surface area contributed by atoms with Crippen LogP contribution in [0.5, 0.6) is 0 Å². The van der Waals surface area contributed by atoms with Crippen LogP contribution in [-0.4, -0.2) is 50.5 Å². The van der Waals surface area contributed by atoms with Gasteiger partial charge in [-0.1, -0.05) is 19.9 Å². The molecule has 1 N–H and O–H groups in total. The summed E-state index contributed by atoms with van der Waals surface area (Å²) in [7, 11) is 0. The lowest BCUT2D eigenvalue weighted by molar-refractivity contribution is -0.133. The Kier molecular flexibility index (Phi) is 6.52. The van der Waals surface area contributed by atoms with Gasteiger partial charge in [-0.3, -0.25) is 14.7 Å². The number of hydrogen-bond donors (Lipinski definition) is 1. The Bertz CT molecular complexity index is 806. The molecule has 4 heterocycles. The summed E-state index contributed by atoms with van der Waals surface area (Å²) in [4.78, 5) is 24.7. The number of pyridine rings is 1. The molecule has 2 fully saturated rings. The van der Waals surface area contributed by atoms with Crippen molar-refractivity contribution in [2.45, 2.75) is 71.0 Å². The lowest BCUT2D eigenvalue weighted by Gasteiger charge is -2.37. The second-order valence-electron chi connectivity index (χ2n) is 9.41. The Hall–Kier alpha value is -2.21. The van der Waals surface area contributed by atoms with Crippen molar-refractivity contribution in [1.82, 2.24) is 24.8 Å². The minimum atomic E-state index is -0.244. The second-order valence-corrected chi connectivity index (χ2v) is 9.41. The van der Waals surface area contributed by atoms with Gasteiger partial charge in [-0.15, -0.1) is 0 Å². The van der Waals surface area contributed by atoms with Gasteiger partial charge in [0.1, 0.15) is 0 Å². The number of nitrogens with zero attached hydrogens (tertiary/aromatic N) is 4. The van der Waals surface area contributed by atoms with Crippen molar-refractivity contribution < 1.29 is 4.79 Å². The zero-order chi connectivity index (χ0) is 21.0. The summed E-state index contributed by atoms with van der Waals surface area (Å²) >= 11 is 0. The number of carbonyl (C=O) groups excluding carboxylic acids is 1. The van der Waals surface area contributed by atoms with Crippen LogP contribution in [0.2, 0.25) is 0 Å². The molecule has 1 amide bonds. The highest BCUT2D eigenvalue weighted by Crippen LogP contribution is 2.52. The van der Waals surface area contributed by atoms with E-state index < -0.39 is 0 Å². The Morgan fingerprint density at radius 1 is 1.27 bits per heavy atom. The van der Waals surface area contributed by atoms with E-state index >= 15 is 0 Å². The molecule has 0 aromatic carbocycles. The van der Waals surface area contributed by atoms with Gasteiger partial charge in [-0.2, -0.15) is 0 Å². The van der Waals surface area contributed by atoms with Crippen molar-refractivity contribution >= 4 is 5.91 Å². The van der Waals surface area contributed by atoms with Crippen LogP contribution in [0, 0.1) is 11.3 Å². The largest absolute Gasteiger partial charge is 0.355 e. The fourth-order valence-electron chi connectivity index (χ4n) is 5.49. The summed E-state index contributed by atoms with van der Waals surface area (Å²) in [6.45, 7) is 7.12. The average molecular weight is 410 g/mol. The van der Waals surface area contributed by atoms with Gasteiger partial charge in [0.05, 0.1) is 11.7 Å². The van der Waals surface area contributed by atoms with E-state index in [4.69, 9.17) is 0 Å². The van der Waals surface area contributed by atoms with Gasteiger partial charge in [0.15, 0.2) is 0 Å². The molecular weight excluding hydrogens is 374 g/mol. The van der Waals surface area contributed by atoms with E-state index in [1.54, 1.807) is 0 Å². The summed E-state index contributed by atoms with van der Waals surface area (Å²) in [6.07, 6.45) is 13.8. The Labute approximate surface area is 180 Å². The van der Waals surface area contributed by atoms with Crippen LogP contribution in [0.4, 0.5) is 0 Å². The van der Waals surface area contributed by atoms with Crippen LogP contribution in [-0.2, 0) is 17.8 Å². The van der Waals surface area contributed by atoms with Gasteiger partial charge >= 0.3 is 0 Å². The molecule has 2 bridgehead atoms. The molecule has 162 valence electrons. The number of fused-ring (bicyclic) bond motifs is 2. The molecule has 2 saturated heterocycles. The molecular formula is C24H35N5O. The molecule has 6 heteroatoms. The second kappa shape index (κ2) is 9.29. The van der Waals surface area contributed by atoms with Crippen molar-refractivity contribution in [1.29, 1.82) is 0 Å². The molecule has 2 aliphatic rings. The number of amides is 1. The Balaban J connectivity index is 1.43. The number of rotatable bonds is 10. The maximum absolute atomic E-state index is 13.6. The first kappa shape index (κ1) is 21.0. The van der Waals surface area contributed by atoms with Crippen molar-refractivity contribution in [3.8, 4) is 0 Å². The third-order valence-electron chi connectivity index (χ3n) is 7.07. The topological polar surface area (TPSA) is 63.1 Å². The van der Waals surface area contributed by atoms with Crippen LogP contribution >= 0.6 is 0 Å². The monoisotopic (exact) mass is 409 g/mol. The SMILES string of the molecule is CC(C)CC[C@]1(C(=O)NCCc2ccccn2)C[C@H]2CC[C@@H]1N2CCn1ccnc1. The van der Waals surface area contributed by atoms with E-state index in [9.17, 15) is 4.79 Å². The van der Waals surface area contributed by atoms with Crippen LogP contribution in [0.15, 0.2) is 43.1 Å². The van der Waals surface area contributed by atoms with E-state index in [0.717, 1.165) is 50.9 Å². The summed E-state index contributed by atoms with van der Waals surface area (Å²) < 4.78 is 2.14. The van der Waals surface area contributed by atoms with Crippen LogP contribution < -0.4 is 5.32 Å². The van der Waals surface area contributed by atoms with E-state index in [0.29, 0.717) is 24.5 Å². The normalized spacial score (nSPS) is 25.8. The van der Waals surface area contributed by atoms with E-state index in [1.165, 1.54) is 6.42 Å². The molecule has 4 rings (SSSR count). The smallest absolute Gasteiger partial charge is 0.227 e. The first-order chi connectivity index (χ1) is 14.6. The van der Waals surface area contributed by atoms with E-state index in [-0.39, 0.29) is 11.3 Å². The summed E-state index contributed by atoms with van der Waals surface area (Å²) in [6, 6.07) is 6.85. The van der Waals surface area contributed by atoms with Gasteiger partial charge in [0.2, 0.25) is 5.91 Å². The lowest BCUT2D eigenvalue weighted by Crippen LogP contribution is -2.50. The summed E-state index contributed by atoms with van der Waals surface area (Å²) in [5.41, 5.74) is 0.788. The molecule has 0 saturated carbocycles. The summed E-state index contributed by atoms with van der Waals surface area (Å²) in [5.74, 6) is 0.876. The van der Waals surface area contributed by atoms with Gasteiger partial charge in [-0.05, 0) is 50.2 Å². The average Bonchev–Trinajstić information content (AvgIpc) is 3.47. The number of imidazole rings is 1. The molecule has 0 unspecified atom stereocenters. The fourth-order valence-corrected chi connectivity index (χ4v) is 5.49. The van der Waals surface area contributed by atoms with Crippen LogP contribution in [0.25, 0.3) is 0 Å². The molecule has 0 radical (unpaired) electrons.